The molecule has 1 aromatic heterocycles. The van der Waals surface area contributed by atoms with Gasteiger partial charge < -0.3 is 12.4 Å². The number of hydrogen-bond donors (Lipinski definition) is 0. The summed E-state index contributed by atoms with van der Waals surface area (Å²) in [5, 5.41) is 0. The smallest absolute Gasteiger partial charge is 0.285 e. The van der Waals surface area contributed by atoms with Crippen LogP contribution in [0.5, 0.6) is 0 Å². The second kappa shape index (κ2) is 3.38. The number of hydrogen-bond acceptors (Lipinski definition) is 1. The van der Waals surface area contributed by atoms with E-state index in [0.717, 1.165) is 0 Å². The molecule has 0 spiro atoms. The van der Waals surface area contributed by atoms with Crippen molar-refractivity contribution in [3.8, 4) is 0 Å². The summed E-state index contributed by atoms with van der Waals surface area (Å²) >= 11 is 0. The standard InChI is InChI=1S/C5H7N2.ClH/c1-7-4-2-3-6-5-7;/h2-5H,1H3;1H/q+1;/p-1. The Balaban J connectivity index is 0.000000490. The van der Waals surface area contributed by atoms with Crippen molar-refractivity contribution in [1.82, 2.24) is 4.98 Å². The lowest BCUT2D eigenvalue weighted by molar-refractivity contribution is -0.674. The van der Waals surface area contributed by atoms with Gasteiger partial charge in [-0.25, -0.2) is 4.57 Å². The maximum absolute atomic E-state index is 3.85. The molecule has 0 bridgehead atoms. The third-order valence-electron chi connectivity index (χ3n) is 0.742. The fourth-order valence-corrected chi connectivity index (χ4v) is 0.406. The second-order valence-corrected chi connectivity index (χ2v) is 1.42. The molecule has 0 saturated carbocycles. The Kier molecular flexibility index (Phi) is 3.12. The van der Waals surface area contributed by atoms with Crippen molar-refractivity contribution >= 4 is 0 Å². The van der Waals surface area contributed by atoms with Crippen LogP contribution in [0.4, 0.5) is 0 Å². The molecule has 0 fully saturated rings. The van der Waals surface area contributed by atoms with Gasteiger partial charge in [0.1, 0.15) is 6.20 Å². The normalized spacial score (nSPS) is 7.62. The molecule has 8 heavy (non-hydrogen) atoms. The van der Waals surface area contributed by atoms with E-state index in [-0.39, 0.29) is 12.4 Å². The van der Waals surface area contributed by atoms with Crippen molar-refractivity contribution in [3.05, 3.63) is 24.8 Å². The van der Waals surface area contributed by atoms with Crippen LogP contribution in [0.25, 0.3) is 0 Å². The molecule has 3 heteroatoms. The maximum Gasteiger partial charge on any atom is 0.285 e. The van der Waals surface area contributed by atoms with Gasteiger partial charge in [-0.15, -0.1) is 0 Å². The molecule has 1 aromatic rings. The first kappa shape index (κ1) is 7.37. The van der Waals surface area contributed by atoms with Crippen LogP contribution in [0.2, 0.25) is 0 Å². The highest BCUT2D eigenvalue weighted by molar-refractivity contribution is 4.68. The van der Waals surface area contributed by atoms with Crippen LogP contribution in [0, 0.1) is 0 Å². The highest BCUT2D eigenvalue weighted by atomic mass is 35.5. The van der Waals surface area contributed by atoms with Gasteiger partial charge in [0.2, 0.25) is 0 Å². The largest absolute Gasteiger partial charge is 1.00 e. The Labute approximate surface area is 54.6 Å². The summed E-state index contributed by atoms with van der Waals surface area (Å²) in [5.74, 6) is 0. The Morgan fingerprint density at radius 2 is 2.25 bits per heavy atom. The molecule has 0 saturated heterocycles. The molecule has 1 heterocycles. The van der Waals surface area contributed by atoms with E-state index in [9.17, 15) is 0 Å². The molecule has 44 valence electrons. The Morgan fingerprint density at radius 1 is 1.50 bits per heavy atom. The Hall–Kier alpha value is -0.630. The number of aromatic nitrogens is 2. The minimum absolute atomic E-state index is 0. The molecule has 0 unspecified atom stereocenters. The first-order valence-corrected chi connectivity index (χ1v) is 2.15. The van der Waals surface area contributed by atoms with Crippen LogP contribution in [0.3, 0.4) is 0 Å². The first-order valence-electron chi connectivity index (χ1n) is 2.15. The number of aryl methyl sites for hydroxylation is 1. The van der Waals surface area contributed by atoms with Gasteiger partial charge in [-0.1, -0.05) is 4.98 Å². The predicted molar refractivity (Wildman–Crippen MR) is 25.4 cm³/mol. The van der Waals surface area contributed by atoms with Crippen LogP contribution < -0.4 is 17.0 Å². The molecule has 0 amide bonds. The maximum atomic E-state index is 3.85. The summed E-state index contributed by atoms with van der Waals surface area (Å²) in [4.78, 5) is 3.85. The Bertz CT molecular complexity index is 140. The van der Waals surface area contributed by atoms with Gasteiger partial charge in [-0.2, -0.15) is 0 Å². The summed E-state index contributed by atoms with van der Waals surface area (Å²) in [7, 11) is 1.94. The van der Waals surface area contributed by atoms with E-state index >= 15 is 0 Å². The van der Waals surface area contributed by atoms with E-state index in [4.69, 9.17) is 0 Å². The number of rotatable bonds is 0. The van der Waals surface area contributed by atoms with Crippen LogP contribution in [-0.4, -0.2) is 4.98 Å². The van der Waals surface area contributed by atoms with Gasteiger partial charge in [-0.3, -0.25) is 0 Å². The summed E-state index contributed by atoms with van der Waals surface area (Å²) in [5.41, 5.74) is 0. The van der Waals surface area contributed by atoms with E-state index in [1.165, 1.54) is 0 Å². The van der Waals surface area contributed by atoms with Crippen molar-refractivity contribution in [2.75, 3.05) is 0 Å². The third kappa shape index (κ3) is 1.89. The summed E-state index contributed by atoms with van der Waals surface area (Å²) in [6, 6.07) is 1.89. The van der Waals surface area contributed by atoms with Gasteiger partial charge in [0.05, 0.1) is 13.2 Å². The van der Waals surface area contributed by atoms with E-state index in [1.807, 2.05) is 23.9 Å². The summed E-state index contributed by atoms with van der Waals surface area (Å²) in [6.45, 7) is 0. The lowest BCUT2D eigenvalue weighted by Crippen LogP contribution is -3.00. The second-order valence-electron chi connectivity index (χ2n) is 1.42. The SMILES string of the molecule is C[n+]1cccnc1.[Cl-]. The number of nitrogens with zero attached hydrogens (tertiary/aromatic N) is 2. The van der Waals surface area contributed by atoms with E-state index < -0.39 is 0 Å². The molecule has 0 aliphatic rings. The zero-order valence-electron chi connectivity index (χ0n) is 4.58. The molecule has 0 aromatic carbocycles. The lowest BCUT2D eigenvalue weighted by atomic mass is 10.7. The van der Waals surface area contributed by atoms with E-state index in [0.29, 0.717) is 0 Å². The average Bonchev–Trinajstić information content (AvgIpc) is 1.69. The van der Waals surface area contributed by atoms with Crippen LogP contribution in [0.1, 0.15) is 0 Å². The molecule has 0 atom stereocenters. The summed E-state index contributed by atoms with van der Waals surface area (Å²) < 4.78 is 1.89. The zero-order chi connectivity index (χ0) is 5.11. The van der Waals surface area contributed by atoms with Crippen molar-refractivity contribution in [2.24, 2.45) is 7.05 Å². The fraction of sp³-hybridized carbons (Fsp3) is 0.200. The van der Waals surface area contributed by atoms with Crippen molar-refractivity contribution in [1.29, 1.82) is 0 Å². The van der Waals surface area contributed by atoms with Gasteiger partial charge >= 0.3 is 0 Å². The van der Waals surface area contributed by atoms with Crippen LogP contribution in [0.15, 0.2) is 24.8 Å². The van der Waals surface area contributed by atoms with Crippen molar-refractivity contribution in [2.45, 2.75) is 0 Å². The molecule has 0 N–H and O–H groups in total. The molecule has 2 nitrogen and oxygen atoms in total. The van der Waals surface area contributed by atoms with Crippen molar-refractivity contribution < 1.29 is 17.0 Å². The van der Waals surface area contributed by atoms with Gasteiger partial charge in [0.25, 0.3) is 6.33 Å². The summed E-state index contributed by atoms with van der Waals surface area (Å²) in [6.07, 6.45) is 5.44. The predicted octanol–water partition coefficient (Wildman–Crippen LogP) is -3.09. The monoisotopic (exact) mass is 130 g/mol. The highest BCUT2D eigenvalue weighted by Crippen LogP contribution is 1.64. The molecule has 0 radical (unpaired) electrons. The lowest BCUT2D eigenvalue weighted by Gasteiger charge is -1.78. The zero-order valence-corrected chi connectivity index (χ0v) is 5.34. The van der Waals surface area contributed by atoms with Crippen LogP contribution >= 0.6 is 0 Å². The van der Waals surface area contributed by atoms with E-state index in [2.05, 4.69) is 4.98 Å². The topological polar surface area (TPSA) is 16.8 Å². The fourth-order valence-electron chi connectivity index (χ4n) is 0.406. The van der Waals surface area contributed by atoms with Gasteiger partial charge in [0, 0.05) is 6.07 Å². The molecule has 0 aliphatic carbocycles. The molecule has 1 rings (SSSR count). The Morgan fingerprint density at radius 3 is 2.50 bits per heavy atom. The van der Waals surface area contributed by atoms with E-state index in [1.54, 1.807) is 12.5 Å². The van der Waals surface area contributed by atoms with Crippen LogP contribution in [-0.2, 0) is 7.05 Å². The minimum Gasteiger partial charge on any atom is -1.00 e. The third-order valence-corrected chi connectivity index (χ3v) is 0.742. The highest BCUT2D eigenvalue weighted by Gasteiger charge is 1.79. The minimum atomic E-state index is 0. The van der Waals surface area contributed by atoms with Gasteiger partial charge in [0.15, 0.2) is 0 Å². The molecular formula is C5H7ClN2. The average molecular weight is 131 g/mol. The molecule has 0 aliphatic heterocycles. The quantitative estimate of drug-likeness (QED) is 0.340. The first-order chi connectivity index (χ1) is 3.39. The van der Waals surface area contributed by atoms with Gasteiger partial charge in [-0.05, 0) is 0 Å². The van der Waals surface area contributed by atoms with Crippen molar-refractivity contribution in [3.63, 3.8) is 0 Å². The molecular weight excluding hydrogens is 124 g/mol. The number of halogens is 1.